The van der Waals surface area contributed by atoms with E-state index in [4.69, 9.17) is 0 Å². The van der Waals surface area contributed by atoms with Crippen molar-refractivity contribution < 1.29 is 0 Å². The van der Waals surface area contributed by atoms with Gasteiger partial charge in [-0.05, 0) is 42.9 Å². The van der Waals surface area contributed by atoms with Gasteiger partial charge in [-0.1, -0.05) is 40.7 Å². The maximum absolute atomic E-state index is 4.67. The predicted molar refractivity (Wildman–Crippen MR) is 88.0 cm³/mol. The lowest BCUT2D eigenvalue weighted by atomic mass is 9.85. The van der Waals surface area contributed by atoms with Crippen molar-refractivity contribution in [3.8, 4) is 0 Å². The van der Waals surface area contributed by atoms with Crippen LogP contribution in [-0.4, -0.2) is 18.1 Å². The van der Waals surface area contributed by atoms with E-state index < -0.39 is 0 Å². The summed E-state index contributed by atoms with van der Waals surface area (Å²) in [4.78, 5) is 4.67. The van der Waals surface area contributed by atoms with Crippen molar-refractivity contribution in [1.29, 1.82) is 0 Å². The van der Waals surface area contributed by atoms with Crippen LogP contribution in [0.3, 0.4) is 0 Å². The summed E-state index contributed by atoms with van der Waals surface area (Å²) in [5, 5.41) is 6.84. The van der Waals surface area contributed by atoms with Crippen molar-refractivity contribution in [2.75, 3.05) is 18.4 Å². The Morgan fingerprint density at radius 2 is 1.75 bits per heavy atom. The molecule has 0 saturated carbocycles. The maximum Gasteiger partial charge on any atom is 0.126 e. The summed E-state index contributed by atoms with van der Waals surface area (Å²) < 4.78 is 0. The monoisotopic (exact) mass is 277 g/mol. The zero-order chi connectivity index (χ0) is 15.1. The van der Waals surface area contributed by atoms with Gasteiger partial charge in [0.2, 0.25) is 0 Å². The molecule has 0 radical (unpaired) electrons. The molecule has 0 unspecified atom stereocenters. The van der Waals surface area contributed by atoms with Gasteiger partial charge >= 0.3 is 0 Å². The minimum Gasteiger partial charge on any atom is -0.370 e. The molecule has 1 aromatic rings. The van der Waals surface area contributed by atoms with E-state index in [9.17, 15) is 0 Å². The molecule has 0 saturated heterocycles. The average Bonchev–Trinajstić information content (AvgIpc) is 2.37. The van der Waals surface area contributed by atoms with Crippen LogP contribution in [0.4, 0.5) is 5.82 Å². The molecule has 0 fully saturated rings. The lowest BCUT2D eigenvalue weighted by Gasteiger charge is -2.25. The molecule has 2 N–H and O–H groups in total. The van der Waals surface area contributed by atoms with Crippen molar-refractivity contribution >= 4 is 5.82 Å². The summed E-state index contributed by atoms with van der Waals surface area (Å²) in [6, 6.07) is 4.27. The van der Waals surface area contributed by atoms with Crippen LogP contribution in [0.15, 0.2) is 12.1 Å². The Morgan fingerprint density at radius 3 is 2.25 bits per heavy atom. The zero-order valence-corrected chi connectivity index (χ0v) is 14.0. The van der Waals surface area contributed by atoms with E-state index in [1.165, 1.54) is 5.56 Å². The molecule has 1 rings (SSSR count). The Morgan fingerprint density at radius 1 is 1.10 bits per heavy atom. The Balaban J connectivity index is 2.62. The number of rotatable bonds is 8. The van der Waals surface area contributed by atoms with Gasteiger partial charge in [-0.25, -0.2) is 4.98 Å². The first kappa shape index (κ1) is 17.0. The molecular weight excluding hydrogens is 246 g/mol. The lowest BCUT2D eigenvalue weighted by Crippen LogP contribution is -2.25. The topological polar surface area (TPSA) is 37.0 Å². The van der Waals surface area contributed by atoms with E-state index in [2.05, 4.69) is 69.3 Å². The number of aryl methyl sites for hydroxylation is 1. The second-order valence-corrected chi connectivity index (χ2v) is 6.25. The quantitative estimate of drug-likeness (QED) is 0.758. The minimum atomic E-state index is 0.679. The van der Waals surface area contributed by atoms with Crippen LogP contribution in [0, 0.1) is 24.7 Å². The van der Waals surface area contributed by atoms with Crippen molar-refractivity contribution in [2.45, 2.75) is 48.1 Å². The first-order valence-electron chi connectivity index (χ1n) is 7.86. The molecule has 1 aromatic heterocycles. The number of hydrogen-bond donors (Lipinski definition) is 2. The fourth-order valence-corrected chi connectivity index (χ4v) is 2.60. The fraction of sp³-hybridized carbons (Fsp3) is 0.706. The SMILES string of the molecule is CCNCc1ccc(NCC(C(C)C)C(C)C)nc1C. The summed E-state index contributed by atoms with van der Waals surface area (Å²) in [5.41, 5.74) is 2.39. The van der Waals surface area contributed by atoms with Gasteiger partial charge in [0.1, 0.15) is 5.82 Å². The van der Waals surface area contributed by atoms with Crippen molar-refractivity contribution in [3.63, 3.8) is 0 Å². The smallest absolute Gasteiger partial charge is 0.126 e. The van der Waals surface area contributed by atoms with Crippen LogP contribution in [0.25, 0.3) is 0 Å². The Kier molecular flexibility index (Phi) is 7.00. The van der Waals surface area contributed by atoms with Crippen LogP contribution >= 0.6 is 0 Å². The zero-order valence-electron chi connectivity index (χ0n) is 14.0. The van der Waals surface area contributed by atoms with Gasteiger partial charge in [-0.15, -0.1) is 0 Å². The highest BCUT2D eigenvalue weighted by Crippen LogP contribution is 2.21. The third kappa shape index (κ3) is 5.12. The number of nitrogens with zero attached hydrogens (tertiary/aromatic N) is 1. The lowest BCUT2D eigenvalue weighted by molar-refractivity contribution is 0.304. The number of nitrogens with one attached hydrogen (secondary N) is 2. The highest BCUT2D eigenvalue weighted by atomic mass is 15.0. The second kappa shape index (κ2) is 8.25. The summed E-state index contributed by atoms with van der Waals surface area (Å²) in [6.45, 7) is 16.3. The molecule has 3 heteroatoms. The van der Waals surface area contributed by atoms with Gasteiger partial charge in [-0.3, -0.25) is 0 Å². The summed E-state index contributed by atoms with van der Waals surface area (Å²) in [6.07, 6.45) is 0. The van der Waals surface area contributed by atoms with Gasteiger partial charge in [0.05, 0.1) is 0 Å². The van der Waals surface area contributed by atoms with Crippen molar-refractivity contribution in [1.82, 2.24) is 10.3 Å². The molecule has 0 aliphatic rings. The largest absolute Gasteiger partial charge is 0.370 e. The second-order valence-electron chi connectivity index (χ2n) is 6.25. The van der Waals surface area contributed by atoms with Crippen LogP contribution in [0.5, 0.6) is 0 Å². The van der Waals surface area contributed by atoms with Crippen LogP contribution in [0.1, 0.15) is 45.9 Å². The fourth-order valence-electron chi connectivity index (χ4n) is 2.60. The van der Waals surface area contributed by atoms with Gasteiger partial charge in [0, 0.05) is 18.8 Å². The Hall–Kier alpha value is -1.09. The normalized spacial score (nSPS) is 11.7. The van der Waals surface area contributed by atoms with Crippen LogP contribution in [-0.2, 0) is 6.54 Å². The Bertz CT molecular complexity index is 391. The highest BCUT2D eigenvalue weighted by Gasteiger charge is 2.17. The predicted octanol–water partition coefficient (Wildman–Crippen LogP) is 3.84. The first-order valence-corrected chi connectivity index (χ1v) is 7.86. The summed E-state index contributed by atoms with van der Waals surface area (Å²) in [5.74, 6) is 3.06. The highest BCUT2D eigenvalue weighted by molar-refractivity contribution is 5.38. The molecule has 0 atom stereocenters. The standard InChI is InChI=1S/C17H31N3/c1-7-18-10-15-8-9-17(20-14(15)6)19-11-16(12(2)3)13(4)5/h8-9,12-13,16,18H,7,10-11H2,1-6H3,(H,19,20). The van der Waals surface area contributed by atoms with Gasteiger partial charge in [0.25, 0.3) is 0 Å². The van der Waals surface area contributed by atoms with Crippen molar-refractivity contribution in [2.24, 2.45) is 17.8 Å². The van der Waals surface area contributed by atoms with Crippen molar-refractivity contribution in [3.05, 3.63) is 23.4 Å². The molecule has 0 aromatic carbocycles. The molecule has 20 heavy (non-hydrogen) atoms. The molecule has 1 heterocycles. The van der Waals surface area contributed by atoms with E-state index >= 15 is 0 Å². The third-order valence-corrected chi connectivity index (χ3v) is 3.99. The molecule has 0 amide bonds. The van der Waals surface area contributed by atoms with Crippen LogP contribution in [0.2, 0.25) is 0 Å². The van der Waals surface area contributed by atoms with Gasteiger partial charge < -0.3 is 10.6 Å². The molecular formula is C17H31N3. The third-order valence-electron chi connectivity index (χ3n) is 3.99. The van der Waals surface area contributed by atoms with E-state index in [-0.39, 0.29) is 0 Å². The minimum absolute atomic E-state index is 0.679. The summed E-state index contributed by atoms with van der Waals surface area (Å²) >= 11 is 0. The van der Waals surface area contributed by atoms with Crippen LogP contribution < -0.4 is 10.6 Å². The van der Waals surface area contributed by atoms with E-state index in [1.807, 2.05) is 0 Å². The van der Waals surface area contributed by atoms with Gasteiger partial charge in [0.15, 0.2) is 0 Å². The maximum atomic E-state index is 4.67. The molecule has 0 aliphatic heterocycles. The van der Waals surface area contributed by atoms with E-state index in [1.54, 1.807) is 0 Å². The molecule has 0 bridgehead atoms. The number of aromatic nitrogens is 1. The number of anilines is 1. The van der Waals surface area contributed by atoms with Gasteiger partial charge in [-0.2, -0.15) is 0 Å². The average molecular weight is 277 g/mol. The number of pyridine rings is 1. The van der Waals surface area contributed by atoms with E-state index in [0.717, 1.165) is 31.1 Å². The number of hydrogen-bond acceptors (Lipinski definition) is 3. The molecule has 0 aliphatic carbocycles. The summed E-state index contributed by atoms with van der Waals surface area (Å²) in [7, 11) is 0. The molecule has 0 spiro atoms. The van der Waals surface area contributed by atoms with E-state index in [0.29, 0.717) is 17.8 Å². The molecule has 114 valence electrons. The first-order chi connectivity index (χ1) is 9.45. The molecule has 3 nitrogen and oxygen atoms in total. The Labute approximate surface area is 124 Å².